The van der Waals surface area contributed by atoms with E-state index in [-0.39, 0.29) is 5.69 Å². The van der Waals surface area contributed by atoms with Crippen molar-refractivity contribution in [3.8, 4) is 0 Å². The van der Waals surface area contributed by atoms with Gasteiger partial charge < -0.3 is 15.8 Å². The fraction of sp³-hybridized carbons (Fsp3) is 0.222. The van der Waals surface area contributed by atoms with E-state index < -0.39 is 24.4 Å². The second-order valence-corrected chi connectivity index (χ2v) is 7.27. The molecule has 4 N–H and O–H groups in total. The summed E-state index contributed by atoms with van der Waals surface area (Å²) in [6.45, 7) is -0.485. The number of rotatable bonds is 5. The molecular weight excluding hydrogens is 368 g/mol. The molecule has 8 nitrogen and oxygen atoms in total. The molecule has 0 aliphatic heterocycles. The number of benzene rings is 1. The van der Waals surface area contributed by atoms with Gasteiger partial charge in [0.2, 0.25) is 0 Å². The summed E-state index contributed by atoms with van der Waals surface area (Å²) in [6.07, 6.45) is 2.63. The molecule has 0 radical (unpaired) electrons. The van der Waals surface area contributed by atoms with E-state index in [1.807, 2.05) is 6.07 Å². The van der Waals surface area contributed by atoms with Gasteiger partial charge in [0.1, 0.15) is 5.00 Å². The van der Waals surface area contributed by atoms with Crippen LogP contribution < -0.4 is 11.1 Å². The lowest BCUT2D eigenvalue weighted by Crippen LogP contribution is -2.23. The van der Waals surface area contributed by atoms with E-state index in [2.05, 4.69) is 15.5 Å². The Bertz CT molecular complexity index is 1070. The molecule has 138 valence electrons. The number of nitrogens with zero attached hydrogens (tertiary/aromatic N) is 1. The number of H-pyrrole nitrogens is 1. The summed E-state index contributed by atoms with van der Waals surface area (Å²) in [4.78, 5) is 37.2. The quantitative estimate of drug-likeness (QED) is 0.580. The van der Waals surface area contributed by atoms with E-state index in [1.165, 1.54) is 11.3 Å². The molecule has 2 heterocycles. The minimum atomic E-state index is -0.702. The van der Waals surface area contributed by atoms with Crippen molar-refractivity contribution in [2.24, 2.45) is 5.73 Å². The first-order valence-corrected chi connectivity index (χ1v) is 9.20. The van der Waals surface area contributed by atoms with Gasteiger partial charge in [-0.15, -0.1) is 11.3 Å². The molecule has 4 rings (SSSR count). The number of hydrogen-bond donors (Lipinski definition) is 3. The normalized spacial score (nSPS) is 12.7. The van der Waals surface area contributed by atoms with Gasteiger partial charge in [0.25, 0.3) is 11.8 Å². The molecule has 2 aromatic heterocycles. The van der Waals surface area contributed by atoms with Crippen LogP contribution in [0.15, 0.2) is 24.3 Å². The van der Waals surface area contributed by atoms with Crippen molar-refractivity contribution >= 4 is 45.0 Å². The highest BCUT2D eigenvalue weighted by Crippen LogP contribution is 2.38. The Hall–Kier alpha value is -3.20. The molecule has 27 heavy (non-hydrogen) atoms. The molecule has 0 saturated carbocycles. The molecule has 0 atom stereocenters. The van der Waals surface area contributed by atoms with Gasteiger partial charge in [0.15, 0.2) is 12.3 Å². The number of para-hydroxylation sites is 1. The first kappa shape index (κ1) is 17.2. The maximum atomic E-state index is 12.2. The van der Waals surface area contributed by atoms with E-state index >= 15 is 0 Å². The maximum absolute atomic E-state index is 12.2. The van der Waals surface area contributed by atoms with E-state index in [0.717, 1.165) is 29.7 Å². The summed E-state index contributed by atoms with van der Waals surface area (Å²) in [5.41, 5.74) is 7.57. The summed E-state index contributed by atoms with van der Waals surface area (Å²) in [7, 11) is 0. The third kappa shape index (κ3) is 3.17. The van der Waals surface area contributed by atoms with Crippen LogP contribution in [0.1, 0.15) is 37.7 Å². The van der Waals surface area contributed by atoms with Gasteiger partial charge in [-0.1, -0.05) is 18.2 Å². The summed E-state index contributed by atoms with van der Waals surface area (Å²) >= 11 is 1.35. The predicted octanol–water partition coefficient (Wildman–Crippen LogP) is 2.01. The fourth-order valence-electron chi connectivity index (χ4n) is 3.23. The minimum Gasteiger partial charge on any atom is -0.451 e. The zero-order chi connectivity index (χ0) is 19.0. The molecule has 3 aromatic rings. The monoisotopic (exact) mass is 384 g/mol. The van der Waals surface area contributed by atoms with Crippen molar-refractivity contribution in [3.63, 3.8) is 0 Å². The van der Waals surface area contributed by atoms with E-state index in [0.29, 0.717) is 21.5 Å². The van der Waals surface area contributed by atoms with Crippen LogP contribution in [0.25, 0.3) is 10.9 Å². The van der Waals surface area contributed by atoms with Crippen molar-refractivity contribution in [2.75, 3.05) is 11.9 Å². The zero-order valence-electron chi connectivity index (χ0n) is 14.2. The molecule has 0 spiro atoms. The van der Waals surface area contributed by atoms with Crippen LogP contribution in [-0.4, -0.2) is 34.6 Å². The number of ether oxygens (including phenoxy) is 1. The van der Waals surface area contributed by atoms with Crippen LogP contribution >= 0.6 is 11.3 Å². The Morgan fingerprint density at radius 2 is 2.07 bits per heavy atom. The molecule has 1 aliphatic rings. The Labute approximate surface area is 157 Å². The van der Waals surface area contributed by atoms with E-state index in [9.17, 15) is 14.4 Å². The van der Waals surface area contributed by atoms with Gasteiger partial charge in [-0.3, -0.25) is 14.7 Å². The molecular formula is C18H16N4O4S. The van der Waals surface area contributed by atoms with Crippen molar-refractivity contribution in [2.45, 2.75) is 19.3 Å². The van der Waals surface area contributed by atoms with Crippen molar-refractivity contribution in [3.05, 3.63) is 46.0 Å². The molecule has 0 unspecified atom stereocenters. The van der Waals surface area contributed by atoms with Crippen LogP contribution in [0, 0.1) is 0 Å². The number of aromatic nitrogens is 2. The third-order valence-electron chi connectivity index (χ3n) is 4.42. The van der Waals surface area contributed by atoms with Crippen LogP contribution in [-0.2, 0) is 22.4 Å². The predicted molar refractivity (Wildman–Crippen MR) is 99.9 cm³/mol. The lowest BCUT2D eigenvalue weighted by atomic mass is 10.1. The van der Waals surface area contributed by atoms with Gasteiger partial charge in [0.05, 0.1) is 11.1 Å². The Balaban J connectivity index is 1.43. The molecule has 0 saturated heterocycles. The SMILES string of the molecule is NC(=O)c1c(NC(=O)COC(=O)c2n[nH]c3ccccc23)sc2c1CCC2. The number of fused-ring (bicyclic) bond motifs is 2. The number of hydrogen-bond acceptors (Lipinski definition) is 6. The average molecular weight is 384 g/mol. The zero-order valence-corrected chi connectivity index (χ0v) is 15.0. The second kappa shape index (κ2) is 6.84. The second-order valence-electron chi connectivity index (χ2n) is 6.17. The summed E-state index contributed by atoms with van der Waals surface area (Å²) in [6, 6.07) is 7.12. The molecule has 0 bridgehead atoms. The lowest BCUT2D eigenvalue weighted by molar-refractivity contribution is -0.119. The lowest BCUT2D eigenvalue weighted by Gasteiger charge is -2.06. The van der Waals surface area contributed by atoms with Crippen molar-refractivity contribution < 1.29 is 19.1 Å². The number of carbonyl (C=O) groups is 3. The highest BCUT2D eigenvalue weighted by Gasteiger charge is 2.26. The van der Waals surface area contributed by atoms with E-state index in [4.69, 9.17) is 10.5 Å². The number of anilines is 1. The number of nitrogens with two attached hydrogens (primary N) is 1. The summed E-state index contributed by atoms with van der Waals surface area (Å²) in [5.74, 6) is -1.80. The van der Waals surface area contributed by atoms with Crippen LogP contribution in [0.4, 0.5) is 5.00 Å². The van der Waals surface area contributed by atoms with Crippen molar-refractivity contribution in [1.29, 1.82) is 0 Å². The Kier molecular flexibility index (Phi) is 4.36. The van der Waals surface area contributed by atoms with Crippen LogP contribution in [0.3, 0.4) is 0 Å². The largest absolute Gasteiger partial charge is 0.451 e. The number of aromatic amines is 1. The number of aryl methyl sites for hydroxylation is 1. The fourth-order valence-corrected chi connectivity index (χ4v) is 4.55. The number of thiophene rings is 1. The number of primary amides is 1. The summed E-state index contributed by atoms with van der Waals surface area (Å²) < 4.78 is 5.06. The minimum absolute atomic E-state index is 0.117. The third-order valence-corrected chi connectivity index (χ3v) is 5.63. The van der Waals surface area contributed by atoms with Gasteiger partial charge in [-0.25, -0.2) is 4.79 Å². The van der Waals surface area contributed by atoms with Crippen LogP contribution in [0.5, 0.6) is 0 Å². The molecule has 1 aromatic carbocycles. The number of nitrogens with one attached hydrogen (secondary N) is 2. The first-order chi connectivity index (χ1) is 13.0. The highest BCUT2D eigenvalue weighted by atomic mass is 32.1. The Morgan fingerprint density at radius 1 is 1.26 bits per heavy atom. The van der Waals surface area contributed by atoms with Gasteiger partial charge in [-0.2, -0.15) is 5.10 Å². The molecule has 1 aliphatic carbocycles. The van der Waals surface area contributed by atoms with E-state index in [1.54, 1.807) is 18.2 Å². The smallest absolute Gasteiger partial charge is 0.359 e. The molecule has 9 heteroatoms. The van der Waals surface area contributed by atoms with Crippen molar-refractivity contribution in [1.82, 2.24) is 10.2 Å². The number of carbonyl (C=O) groups excluding carboxylic acids is 3. The number of esters is 1. The summed E-state index contributed by atoms with van der Waals surface area (Å²) in [5, 5.41) is 10.3. The molecule has 2 amide bonds. The maximum Gasteiger partial charge on any atom is 0.359 e. The number of amides is 2. The standard InChI is InChI=1S/C18H16N4O4S/c19-16(24)14-10-5-3-7-12(10)27-17(14)20-13(23)8-26-18(25)15-9-4-1-2-6-11(9)21-22-15/h1-2,4,6H,3,5,7-8H2,(H2,19,24)(H,20,23)(H,21,22). The van der Waals surface area contributed by atoms with Gasteiger partial charge >= 0.3 is 5.97 Å². The Morgan fingerprint density at radius 3 is 2.89 bits per heavy atom. The highest BCUT2D eigenvalue weighted by molar-refractivity contribution is 7.17. The van der Waals surface area contributed by atoms with Gasteiger partial charge in [0, 0.05) is 10.3 Å². The first-order valence-electron chi connectivity index (χ1n) is 8.39. The van der Waals surface area contributed by atoms with Crippen LogP contribution in [0.2, 0.25) is 0 Å². The topological polar surface area (TPSA) is 127 Å². The van der Waals surface area contributed by atoms with Gasteiger partial charge in [-0.05, 0) is 30.9 Å². The molecule has 0 fully saturated rings. The average Bonchev–Trinajstić information content (AvgIpc) is 3.33.